The van der Waals surface area contributed by atoms with E-state index in [1.165, 1.54) is 19.3 Å². The lowest BCUT2D eigenvalue weighted by Crippen LogP contribution is -2.37. The summed E-state index contributed by atoms with van der Waals surface area (Å²) >= 11 is 0. The van der Waals surface area contributed by atoms with Crippen molar-refractivity contribution in [2.24, 2.45) is 0 Å². The van der Waals surface area contributed by atoms with E-state index in [0.717, 1.165) is 29.8 Å². The van der Waals surface area contributed by atoms with Crippen LogP contribution in [0.5, 0.6) is 5.75 Å². The van der Waals surface area contributed by atoms with E-state index in [1.807, 2.05) is 24.3 Å². The van der Waals surface area contributed by atoms with Gasteiger partial charge in [0.25, 0.3) is 5.91 Å². The summed E-state index contributed by atoms with van der Waals surface area (Å²) in [7, 11) is 1.65. The Labute approximate surface area is 152 Å². The van der Waals surface area contributed by atoms with Crippen molar-refractivity contribution >= 4 is 5.91 Å². The Bertz CT molecular complexity index is 766. The van der Waals surface area contributed by atoms with Gasteiger partial charge in [0.1, 0.15) is 11.9 Å². The van der Waals surface area contributed by atoms with Crippen LogP contribution in [0.4, 0.5) is 0 Å². The highest BCUT2D eigenvalue weighted by Gasteiger charge is 2.28. The number of rotatable bonds is 4. The van der Waals surface area contributed by atoms with E-state index in [0.29, 0.717) is 18.8 Å². The number of benzene rings is 1. The molecule has 26 heavy (non-hydrogen) atoms. The minimum Gasteiger partial charge on any atom is -0.497 e. The van der Waals surface area contributed by atoms with E-state index in [1.54, 1.807) is 11.8 Å². The average Bonchev–Trinajstić information content (AvgIpc) is 3.12. The molecule has 2 heterocycles. The van der Waals surface area contributed by atoms with Crippen LogP contribution in [0.25, 0.3) is 0 Å². The van der Waals surface area contributed by atoms with Gasteiger partial charge in [-0.1, -0.05) is 36.6 Å². The molecule has 1 N–H and O–H groups in total. The molecule has 1 atom stereocenters. The number of amides is 1. The van der Waals surface area contributed by atoms with Crippen LogP contribution in [-0.2, 0) is 17.9 Å². The number of aromatic nitrogens is 3. The van der Waals surface area contributed by atoms with Crippen molar-refractivity contribution < 1.29 is 14.3 Å². The highest BCUT2D eigenvalue weighted by molar-refractivity contribution is 5.93. The van der Waals surface area contributed by atoms with E-state index >= 15 is 0 Å². The van der Waals surface area contributed by atoms with Crippen molar-refractivity contribution in [3.63, 3.8) is 0 Å². The van der Waals surface area contributed by atoms with Gasteiger partial charge in [-0.25, -0.2) is 4.68 Å². The second-order valence-electron chi connectivity index (χ2n) is 6.95. The maximum atomic E-state index is 12.6. The second kappa shape index (κ2) is 7.45. The molecule has 2 aromatic rings. The third-order valence-electron chi connectivity index (χ3n) is 5.24. The second-order valence-corrected chi connectivity index (χ2v) is 6.95. The number of methoxy groups -OCH3 is 1. The molecular formula is C19H24N4O3. The predicted molar refractivity (Wildman–Crippen MR) is 94.9 cm³/mol. The van der Waals surface area contributed by atoms with E-state index < -0.39 is 0 Å². The minimum atomic E-state index is -0.135. The average molecular weight is 356 g/mol. The Balaban J connectivity index is 1.45. The Morgan fingerprint density at radius 2 is 2.00 bits per heavy atom. The molecule has 0 unspecified atom stereocenters. The SMILES string of the molecule is COc1ccc([C@H]2Cn3nnc(C(=O)NC4CCCCC4)c3CO2)cc1. The van der Waals surface area contributed by atoms with Gasteiger partial charge in [0.2, 0.25) is 0 Å². The molecule has 138 valence electrons. The fourth-order valence-electron chi connectivity index (χ4n) is 3.71. The van der Waals surface area contributed by atoms with Gasteiger partial charge in [-0.05, 0) is 30.5 Å². The van der Waals surface area contributed by atoms with E-state index in [-0.39, 0.29) is 18.1 Å². The third kappa shape index (κ3) is 3.44. The summed E-state index contributed by atoms with van der Waals surface area (Å²) in [6.45, 7) is 0.877. The Morgan fingerprint density at radius 3 is 2.73 bits per heavy atom. The number of hydrogen-bond donors (Lipinski definition) is 1. The minimum absolute atomic E-state index is 0.107. The normalized spacial score (nSPS) is 20.4. The van der Waals surface area contributed by atoms with Crippen LogP contribution in [0.15, 0.2) is 24.3 Å². The van der Waals surface area contributed by atoms with Gasteiger partial charge in [0.05, 0.1) is 26.0 Å². The molecule has 0 spiro atoms. The molecule has 1 aromatic heterocycles. The van der Waals surface area contributed by atoms with Gasteiger partial charge in [-0.3, -0.25) is 4.79 Å². The lowest BCUT2D eigenvalue weighted by Gasteiger charge is -2.25. The Kier molecular flexibility index (Phi) is 4.88. The van der Waals surface area contributed by atoms with Gasteiger partial charge in [-0.2, -0.15) is 0 Å². The smallest absolute Gasteiger partial charge is 0.274 e. The zero-order valence-corrected chi connectivity index (χ0v) is 15.0. The summed E-state index contributed by atoms with van der Waals surface area (Å²) in [5.41, 5.74) is 2.20. The van der Waals surface area contributed by atoms with E-state index in [2.05, 4.69) is 15.6 Å². The predicted octanol–water partition coefficient (Wildman–Crippen LogP) is 2.62. The van der Waals surface area contributed by atoms with Crippen LogP contribution < -0.4 is 10.1 Å². The molecule has 0 saturated heterocycles. The van der Waals surface area contributed by atoms with Gasteiger partial charge in [-0.15, -0.1) is 5.10 Å². The first kappa shape index (κ1) is 17.0. The Hall–Kier alpha value is -2.41. The molecule has 7 nitrogen and oxygen atoms in total. The molecule has 7 heteroatoms. The number of ether oxygens (including phenoxy) is 2. The fourth-order valence-corrected chi connectivity index (χ4v) is 3.71. The number of hydrogen-bond acceptors (Lipinski definition) is 5. The molecule has 1 aliphatic heterocycles. The molecular weight excluding hydrogens is 332 g/mol. The van der Waals surface area contributed by atoms with Crippen LogP contribution in [0, 0.1) is 0 Å². The molecule has 0 radical (unpaired) electrons. The number of fused-ring (bicyclic) bond motifs is 1. The van der Waals surface area contributed by atoms with Gasteiger partial charge >= 0.3 is 0 Å². The van der Waals surface area contributed by atoms with Crippen LogP contribution in [0.2, 0.25) is 0 Å². The summed E-state index contributed by atoms with van der Waals surface area (Å²) in [4.78, 5) is 12.6. The summed E-state index contributed by atoms with van der Waals surface area (Å²) in [5, 5.41) is 11.4. The van der Waals surface area contributed by atoms with E-state index in [9.17, 15) is 4.79 Å². The summed E-state index contributed by atoms with van der Waals surface area (Å²) < 4.78 is 13.0. The number of carbonyl (C=O) groups excluding carboxylic acids is 1. The number of nitrogens with zero attached hydrogens (tertiary/aromatic N) is 3. The fraction of sp³-hybridized carbons (Fsp3) is 0.526. The summed E-state index contributed by atoms with van der Waals surface area (Å²) in [6, 6.07) is 8.06. The standard InChI is InChI=1S/C19H24N4O3/c1-25-15-9-7-13(8-10-15)17-11-23-16(12-26-17)18(21-22-23)19(24)20-14-5-3-2-4-6-14/h7-10,14,17H,2-6,11-12H2,1H3,(H,20,24)/t17-/m1/s1. The number of nitrogens with one attached hydrogen (secondary N) is 1. The first-order valence-electron chi connectivity index (χ1n) is 9.23. The molecule has 2 aliphatic rings. The van der Waals surface area contributed by atoms with Crippen molar-refractivity contribution in [2.75, 3.05) is 7.11 Å². The van der Waals surface area contributed by atoms with Crippen molar-refractivity contribution in [1.82, 2.24) is 20.3 Å². The van der Waals surface area contributed by atoms with Crippen molar-refractivity contribution in [2.45, 2.75) is 57.4 Å². The summed E-state index contributed by atoms with van der Waals surface area (Å²) in [6.07, 6.45) is 5.60. The maximum Gasteiger partial charge on any atom is 0.274 e. The van der Waals surface area contributed by atoms with Crippen molar-refractivity contribution in [3.05, 3.63) is 41.2 Å². The quantitative estimate of drug-likeness (QED) is 0.911. The highest BCUT2D eigenvalue weighted by Crippen LogP contribution is 2.28. The molecule has 1 fully saturated rings. The lowest BCUT2D eigenvalue weighted by molar-refractivity contribution is -0.00180. The number of carbonyl (C=O) groups is 1. The Morgan fingerprint density at radius 1 is 1.23 bits per heavy atom. The zero-order valence-electron chi connectivity index (χ0n) is 15.0. The highest BCUT2D eigenvalue weighted by atomic mass is 16.5. The van der Waals surface area contributed by atoms with Crippen LogP contribution in [-0.4, -0.2) is 34.1 Å². The molecule has 1 saturated carbocycles. The molecule has 1 aliphatic carbocycles. The van der Waals surface area contributed by atoms with Crippen LogP contribution in [0.1, 0.15) is 60.0 Å². The van der Waals surface area contributed by atoms with Crippen LogP contribution in [0.3, 0.4) is 0 Å². The van der Waals surface area contributed by atoms with Gasteiger partial charge < -0.3 is 14.8 Å². The maximum absolute atomic E-state index is 12.6. The summed E-state index contributed by atoms with van der Waals surface area (Å²) in [5.74, 6) is 0.678. The van der Waals surface area contributed by atoms with Crippen molar-refractivity contribution in [3.8, 4) is 5.75 Å². The third-order valence-corrected chi connectivity index (χ3v) is 5.24. The van der Waals surface area contributed by atoms with E-state index in [4.69, 9.17) is 9.47 Å². The lowest BCUT2D eigenvalue weighted by atomic mass is 9.95. The largest absolute Gasteiger partial charge is 0.497 e. The first-order valence-corrected chi connectivity index (χ1v) is 9.23. The molecule has 1 amide bonds. The van der Waals surface area contributed by atoms with Crippen molar-refractivity contribution in [1.29, 1.82) is 0 Å². The first-order chi connectivity index (χ1) is 12.7. The monoisotopic (exact) mass is 356 g/mol. The molecule has 1 aromatic carbocycles. The zero-order chi connectivity index (χ0) is 17.9. The molecule has 0 bridgehead atoms. The topological polar surface area (TPSA) is 78.3 Å². The van der Waals surface area contributed by atoms with Gasteiger partial charge in [0, 0.05) is 6.04 Å². The molecule has 4 rings (SSSR count). The van der Waals surface area contributed by atoms with Crippen LogP contribution >= 0.6 is 0 Å². The van der Waals surface area contributed by atoms with Gasteiger partial charge in [0.15, 0.2) is 5.69 Å².